The van der Waals surface area contributed by atoms with Crippen LogP contribution in [0, 0.1) is 13.8 Å². The van der Waals surface area contributed by atoms with E-state index >= 15 is 0 Å². The van der Waals surface area contributed by atoms with Crippen molar-refractivity contribution in [1.82, 2.24) is 9.38 Å². The van der Waals surface area contributed by atoms with Gasteiger partial charge in [0.05, 0.1) is 19.9 Å². The molecule has 0 aliphatic rings. The number of hydrogen-bond donors (Lipinski definition) is 0. The van der Waals surface area contributed by atoms with E-state index in [2.05, 4.69) is 19.9 Å². The number of nitrogens with zero attached hydrogens (tertiary/aromatic N) is 2. The Labute approximate surface area is 124 Å². The van der Waals surface area contributed by atoms with E-state index in [1.165, 1.54) is 11.1 Å². The fourth-order valence-corrected chi connectivity index (χ4v) is 2.44. The fourth-order valence-electron chi connectivity index (χ4n) is 2.44. The quantitative estimate of drug-likeness (QED) is 0.736. The van der Waals surface area contributed by atoms with Crippen LogP contribution in [0.25, 0.3) is 16.9 Å². The first-order chi connectivity index (χ1) is 10.1. The largest absolute Gasteiger partial charge is 0.496 e. The summed E-state index contributed by atoms with van der Waals surface area (Å²) in [5.41, 5.74) is 5.09. The zero-order valence-corrected chi connectivity index (χ0v) is 12.7. The fraction of sp³-hybridized carbons (Fsp3) is 0.235. The average Bonchev–Trinajstić information content (AvgIpc) is 2.93. The summed E-state index contributed by atoms with van der Waals surface area (Å²) in [6, 6.07) is 8.01. The minimum Gasteiger partial charge on any atom is -0.496 e. The highest BCUT2D eigenvalue weighted by Crippen LogP contribution is 2.33. The van der Waals surface area contributed by atoms with Gasteiger partial charge in [-0.15, -0.1) is 0 Å². The van der Waals surface area contributed by atoms with Gasteiger partial charge >= 0.3 is 0 Å². The number of rotatable bonds is 3. The molecular weight excluding hydrogens is 264 g/mol. The van der Waals surface area contributed by atoms with Crippen LogP contribution in [0.4, 0.5) is 0 Å². The molecule has 0 amide bonds. The van der Waals surface area contributed by atoms with Gasteiger partial charge in [0, 0.05) is 18.0 Å². The molecule has 0 saturated heterocycles. The van der Waals surface area contributed by atoms with Crippen LogP contribution in [0.15, 0.2) is 36.7 Å². The summed E-state index contributed by atoms with van der Waals surface area (Å²) in [4.78, 5) is 4.69. The second kappa shape index (κ2) is 5.13. The van der Waals surface area contributed by atoms with Crippen LogP contribution >= 0.6 is 0 Å². The second-order valence-corrected chi connectivity index (χ2v) is 5.07. The molecule has 0 radical (unpaired) electrons. The van der Waals surface area contributed by atoms with Crippen molar-refractivity contribution in [3.63, 3.8) is 0 Å². The third kappa shape index (κ3) is 2.23. The van der Waals surface area contributed by atoms with Crippen molar-refractivity contribution >= 4 is 5.65 Å². The van der Waals surface area contributed by atoms with Gasteiger partial charge in [0.2, 0.25) is 0 Å². The predicted molar refractivity (Wildman–Crippen MR) is 83.2 cm³/mol. The van der Waals surface area contributed by atoms with Crippen molar-refractivity contribution in [1.29, 1.82) is 0 Å². The van der Waals surface area contributed by atoms with Crippen LogP contribution in [0.3, 0.4) is 0 Å². The Kier molecular flexibility index (Phi) is 3.29. The maximum atomic E-state index is 5.51. The number of ether oxygens (including phenoxy) is 2. The molecule has 0 unspecified atom stereocenters. The van der Waals surface area contributed by atoms with Crippen LogP contribution < -0.4 is 9.47 Å². The summed E-state index contributed by atoms with van der Waals surface area (Å²) in [6.45, 7) is 4.17. The summed E-state index contributed by atoms with van der Waals surface area (Å²) in [5.74, 6) is 1.59. The maximum absolute atomic E-state index is 5.51. The van der Waals surface area contributed by atoms with Gasteiger partial charge in [0.15, 0.2) is 11.4 Å². The highest BCUT2D eigenvalue weighted by molar-refractivity contribution is 5.72. The zero-order chi connectivity index (χ0) is 15.0. The number of fused-ring (bicyclic) bond motifs is 1. The number of methoxy groups -OCH3 is 2. The van der Waals surface area contributed by atoms with E-state index in [1.807, 2.05) is 35.0 Å². The molecule has 108 valence electrons. The Balaban J connectivity index is 2.23. The van der Waals surface area contributed by atoms with E-state index in [0.29, 0.717) is 0 Å². The maximum Gasteiger partial charge on any atom is 0.180 e. The van der Waals surface area contributed by atoms with Gasteiger partial charge in [0.1, 0.15) is 5.75 Å². The minimum atomic E-state index is 0.756. The smallest absolute Gasteiger partial charge is 0.180 e. The van der Waals surface area contributed by atoms with Gasteiger partial charge in [-0.25, -0.2) is 4.98 Å². The van der Waals surface area contributed by atoms with Crippen molar-refractivity contribution in [3.8, 4) is 22.8 Å². The monoisotopic (exact) mass is 282 g/mol. The van der Waals surface area contributed by atoms with Crippen LogP contribution in [0.1, 0.15) is 11.1 Å². The molecule has 0 saturated carbocycles. The van der Waals surface area contributed by atoms with Gasteiger partial charge < -0.3 is 13.9 Å². The van der Waals surface area contributed by atoms with Gasteiger partial charge in [-0.3, -0.25) is 0 Å². The highest BCUT2D eigenvalue weighted by atomic mass is 16.5. The molecule has 2 heterocycles. The Bertz CT molecular complexity index is 806. The molecular formula is C17H18N2O2. The molecule has 0 spiro atoms. The van der Waals surface area contributed by atoms with E-state index < -0.39 is 0 Å². The second-order valence-electron chi connectivity index (χ2n) is 5.07. The molecule has 3 rings (SSSR count). The topological polar surface area (TPSA) is 35.8 Å². The van der Waals surface area contributed by atoms with Crippen LogP contribution in [-0.4, -0.2) is 23.6 Å². The molecule has 1 aromatic carbocycles. The summed E-state index contributed by atoms with van der Waals surface area (Å²) >= 11 is 0. The molecule has 4 heteroatoms. The molecule has 0 bridgehead atoms. The molecule has 3 aromatic rings. The summed E-state index contributed by atoms with van der Waals surface area (Å²) in [6.07, 6.45) is 3.95. The van der Waals surface area contributed by atoms with E-state index in [-0.39, 0.29) is 0 Å². The van der Waals surface area contributed by atoms with Crippen LogP contribution in [0.2, 0.25) is 0 Å². The summed E-state index contributed by atoms with van der Waals surface area (Å²) < 4.78 is 12.8. The van der Waals surface area contributed by atoms with Crippen LogP contribution in [0.5, 0.6) is 11.5 Å². The molecule has 0 atom stereocenters. The van der Waals surface area contributed by atoms with Gasteiger partial charge in [0.25, 0.3) is 0 Å². The Morgan fingerprint density at radius 1 is 1.00 bits per heavy atom. The first-order valence-electron chi connectivity index (χ1n) is 6.81. The number of aryl methyl sites for hydroxylation is 2. The minimum absolute atomic E-state index is 0.756. The first-order valence-corrected chi connectivity index (χ1v) is 6.81. The average molecular weight is 282 g/mol. The first kappa shape index (κ1) is 13.5. The number of benzene rings is 1. The van der Waals surface area contributed by atoms with Gasteiger partial charge in [-0.05, 0) is 49.2 Å². The van der Waals surface area contributed by atoms with Crippen molar-refractivity contribution in [2.75, 3.05) is 14.2 Å². The Hall–Kier alpha value is -2.49. The summed E-state index contributed by atoms with van der Waals surface area (Å²) in [7, 11) is 3.34. The number of aromatic nitrogens is 2. The van der Waals surface area contributed by atoms with Gasteiger partial charge in [-0.1, -0.05) is 0 Å². The van der Waals surface area contributed by atoms with Gasteiger partial charge in [-0.2, -0.15) is 0 Å². The molecule has 0 aliphatic carbocycles. The van der Waals surface area contributed by atoms with E-state index in [9.17, 15) is 0 Å². The lowest BCUT2D eigenvalue weighted by Crippen LogP contribution is -1.91. The lowest BCUT2D eigenvalue weighted by atomic mass is 10.0. The third-order valence-corrected chi connectivity index (χ3v) is 3.76. The standard InChI is InChI=1S/C17H18N2O2/c1-11-8-13(16(21-4)9-12(11)2)14-10-19-7-5-6-15(20-3)17(19)18-14/h5-10H,1-4H3. The molecule has 2 aromatic heterocycles. The number of pyridine rings is 1. The van der Waals surface area contributed by atoms with Crippen LogP contribution in [-0.2, 0) is 0 Å². The van der Waals surface area contributed by atoms with Crippen molar-refractivity contribution in [3.05, 3.63) is 47.8 Å². The van der Waals surface area contributed by atoms with Crippen molar-refractivity contribution in [2.45, 2.75) is 13.8 Å². The predicted octanol–water partition coefficient (Wildman–Crippen LogP) is 3.64. The number of imidazole rings is 1. The van der Waals surface area contributed by atoms with Crippen molar-refractivity contribution in [2.24, 2.45) is 0 Å². The highest BCUT2D eigenvalue weighted by Gasteiger charge is 2.13. The molecule has 21 heavy (non-hydrogen) atoms. The summed E-state index contributed by atoms with van der Waals surface area (Å²) in [5, 5.41) is 0. The van der Waals surface area contributed by atoms with E-state index in [0.717, 1.165) is 28.4 Å². The number of hydrogen-bond acceptors (Lipinski definition) is 3. The molecule has 4 nitrogen and oxygen atoms in total. The SMILES string of the molecule is COc1cc(C)c(C)cc1-c1cn2cccc(OC)c2n1. The van der Waals surface area contributed by atoms with E-state index in [1.54, 1.807) is 14.2 Å². The Morgan fingerprint density at radius 3 is 2.43 bits per heavy atom. The zero-order valence-electron chi connectivity index (χ0n) is 12.7. The molecule has 0 N–H and O–H groups in total. The lowest BCUT2D eigenvalue weighted by molar-refractivity contribution is 0.415. The van der Waals surface area contributed by atoms with Crippen molar-refractivity contribution < 1.29 is 9.47 Å². The lowest BCUT2D eigenvalue weighted by Gasteiger charge is -2.09. The molecule has 0 aliphatic heterocycles. The third-order valence-electron chi connectivity index (χ3n) is 3.76. The van der Waals surface area contributed by atoms with E-state index in [4.69, 9.17) is 14.5 Å². The normalized spacial score (nSPS) is 10.9. The molecule has 0 fully saturated rings. The Morgan fingerprint density at radius 2 is 1.71 bits per heavy atom.